The molecule has 2 aromatic rings. The highest BCUT2D eigenvalue weighted by molar-refractivity contribution is 9.10. The molecule has 0 radical (unpaired) electrons. The number of nitrogens with zero attached hydrogens (tertiary/aromatic N) is 1. The minimum Gasteiger partial charge on any atom is -0.349 e. The monoisotopic (exact) mass is 461 g/mol. The molecule has 0 aliphatic heterocycles. The van der Waals surface area contributed by atoms with Crippen LogP contribution in [0.4, 0.5) is 25.8 Å². The molecule has 0 spiro atoms. The van der Waals surface area contributed by atoms with Gasteiger partial charge >= 0.3 is 0 Å². The number of sulfonamides is 1. The molecule has 27 heavy (non-hydrogen) atoms. The van der Waals surface area contributed by atoms with Crippen molar-refractivity contribution in [1.82, 2.24) is 4.57 Å². The van der Waals surface area contributed by atoms with E-state index < -0.39 is 38.2 Å². The molecule has 1 heterocycles. The second-order valence-electron chi connectivity index (χ2n) is 6.27. The first-order chi connectivity index (χ1) is 12.7. The molecule has 0 bridgehead atoms. The largest absolute Gasteiger partial charge is 0.349 e. The summed E-state index contributed by atoms with van der Waals surface area (Å²) in [5.41, 5.74) is -1.56. The topological polar surface area (TPSA) is 80.2 Å². The summed E-state index contributed by atoms with van der Waals surface area (Å²) >= 11 is 3.12. The van der Waals surface area contributed by atoms with Crippen LogP contribution in [0.15, 0.2) is 33.7 Å². The Hall–Kier alpha value is -1.94. The summed E-state index contributed by atoms with van der Waals surface area (Å²) < 4.78 is 57.7. The quantitative estimate of drug-likeness (QED) is 0.682. The molecular formula is C17H18BrF2N3O3S. The second-order valence-corrected chi connectivity index (χ2v) is 9.15. The molecule has 1 aromatic carbocycles. The fourth-order valence-corrected chi connectivity index (χ4v) is 4.62. The normalized spacial score (nSPS) is 14.7. The SMILES string of the molecule is CCn1cc(NS(=O)(=O)C2CCC2)c(Nc2ccc(Br)cc2F)c(F)c1=O. The molecule has 1 aliphatic rings. The lowest BCUT2D eigenvalue weighted by molar-refractivity contribution is 0.479. The van der Waals surface area contributed by atoms with Gasteiger partial charge in [-0.1, -0.05) is 22.4 Å². The predicted octanol–water partition coefficient (Wildman–Crippen LogP) is 3.95. The summed E-state index contributed by atoms with van der Waals surface area (Å²) in [7, 11) is -3.74. The smallest absolute Gasteiger partial charge is 0.288 e. The molecular weight excluding hydrogens is 444 g/mol. The van der Waals surface area contributed by atoms with Crippen LogP contribution in [0.2, 0.25) is 0 Å². The number of rotatable bonds is 6. The lowest BCUT2D eigenvalue weighted by Crippen LogP contribution is -2.34. The first-order valence-electron chi connectivity index (χ1n) is 8.39. The molecule has 0 saturated heterocycles. The highest BCUT2D eigenvalue weighted by Crippen LogP contribution is 2.33. The van der Waals surface area contributed by atoms with Crippen LogP contribution in [-0.4, -0.2) is 18.2 Å². The maximum Gasteiger partial charge on any atom is 0.288 e. The third-order valence-electron chi connectivity index (χ3n) is 4.50. The lowest BCUT2D eigenvalue weighted by atomic mass is 10.0. The Morgan fingerprint density at radius 1 is 1.26 bits per heavy atom. The van der Waals surface area contributed by atoms with E-state index in [4.69, 9.17) is 0 Å². The Balaban J connectivity index is 2.07. The van der Waals surface area contributed by atoms with Gasteiger partial charge in [0.15, 0.2) is 0 Å². The van der Waals surface area contributed by atoms with E-state index in [1.165, 1.54) is 24.4 Å². The molecule has 146 valence electrons. The van der Waals surface area contributed by atoms with Crippen LogP contribution in [0.1, 0.15) is 26.2 Å². The van der Waals surface area contributed by atoms with Gasteiger partial charge in [0, 0.05) is 17.2 Å². The summed E-state index contributed by atoms with van der Waals surface area (Å²) in [6, 6.07) is 4.06. The van der Waals surface area contributed by atoms with E-state index in [0.717, 1.165) is 11.0 Å². The van der Waals surface area contributed by atoms with Gasteiger partial charge in [-0.25, -0.2) is 12.8 Å². The van der Waals surface area contributed by atoms with Gasteiger partial charge in [0.25, 0.3) is 5.56 Å². The Kier molecular flexibility index (Phi) is 5.57. The molecule has 1 fully saturated rings. The molecule has 0 unspecified atom stereocenters. The molecule has 6 nitrogen and oxygen atoms in total. The van der Waals surface area contributed by atoms with Gasteiger partial charge in [0.2, 0.25) is 15.8 Å². The number of hydrogen-bond donors (Lipinski definition) is 2. The molecule has 3 rings (SSSR count). The minimum absolute atomic E-state index is 0.0881. The predicted molar refractivity (Wildman–Crippen MR) is 104 cm³/mol. The molecule has 0 amide bonds. The molecule has 10 heteroatoms. The average Bonchev–Trinajstić information content (AvgIpc) is 2.53. The number of anilines is 3. The van der Waals surface area contributed by atoms with Crippen molar-refractivity contribution in [1.29, 1.82) is 0 Å². The highest BCUT2D eigenvalue weighted by Gasteiger charge is 2.32. The summed E-state index contributed by atoms with van der Waals surface area (Å²) in [6.07, 6.45) is 3.08. The number of nitrogens with one attached hydrogen (secondary N) is 2. The third kappa shape index (κ3) is 4.01. The Bertz CT molecular complexity index is 1040. The van der Waals surface area contributed by atoms with E-state index in [9.17, 15) is 22.0 Å². The van der Waals surface area contributed by atoms with E-state index >= 15 is 0 Å². The summed E-state index contributed by atoms with van der Waals surface area (Å²) in [5, 5.41) is 1.96. The molecule has 0 atom stereocenters. The van der Waals surface area contributed by atoms with Gasteiger partial charge in [-0.2, -0.15) is 4.39 Å². The van der Waals surface area contributed by atoms with Gasteiger partial charge in [-0.05, 0) is 38.0 Å². The number of halogens is 3. The number of aromatic nitrogens is 1. The van der Waals surface area contributed by atoms with Crippen molar-refractivity contribution in [3.63, 3.8) is 0 Å². The molecule has 1 saturated carbocycles. The van der Waals surface area contributed by atoms with Crippen molar-refractivity contribution < 1.29 is 17.2 Å². The zero-order valence-electron chi connectivity index (χ0n) is 14.4. The number of pyridine rings is 1. The average molecular weight is 462 g/mol. The third-order valence-corrected chi connectivity index (χ3v) is 6.84. The van der Waals surface area contributed by atoms with E-state index in [0.29, 0.717) is 17.3 Å². The van der Waals surface area contributed by atoms with Crippen LogP contribution in [0, 0.1) is 11.6 Å². The zero-order valence-corrected chi connectivity index (χ0v) is 16.8. The summed E-state index contributed by atoms with van der Waals surface area (Å²) in [6.45, 7) is 1.79. The standard InChI is InChI=1S/C17H18BrF2N3O3S/c1-2-23-9-14(22-27(25,26)11-4-3-5-11)16(15(20)17(23)24)21-13-7-6-10(18)8-12(13)19/h6-9,11,21-22H,2-5H2,1H3. The number of hydrogen-bond acceptors (Lipinski definition) is 4. The highest BCUT2D eigenvalue weighted by atomic mass is 79.9. The van der Waals surface area contributed by atoms with Gasteiger partial charge in [0.1, 0.15) is 11.5 Å². The van der Waals surface area contributed by atoms with Crippen LogP contribution >= 0.6 is 15.9 Å². The first kappa shape index (κ1) is 19.8. The fraction of sp³-hybridized carbons (Fsp3) is 0.353. The van der Waals surface area contributed by atoms with E-state index in [-0.39, 0.29) is 17.9 Å². The van der Waals surface area contributed by atoms with Gasteiger partial charge in [-0.3, -0.25) is 9.52 Å². The van der Waals surface area contributed by atoms with Crippen molar-refractivity contribution in [2.24, 2.45) is 0 Å². The van der Waals surface area contributed by atoms with E-state index in [1.807, 2.05) is 0 Å². The van der Waals surface area contributed by atoms with E-state index in [2.05, 4.69) is 26.0 Å². The van der Waals surface area contributed by atoms with Crippen molar-refractivity contribution >= 4 is 43.0 Å². The Morgan fingerprint density at radius 2 is 1.96 bits per heavy atom. The maximum atomic E-state index is 14.7. The van der Waals surface area contributed by atoms with Crippen molar-refractivity contribution in [3.05, 3.63) is 50.9 Å². The van der Waals surface area contributed by atoms with Crippen LogP contribution in [-0.2, 0) is 16.6 Å². The second kappa shape index (κ2) is 7.59. The maximum absolute atomic E-state index is 14.7. The fourth-order valence-electron chi connectivity index (χ4n) is 2.71. The molecule has 2 N–H and O–H groups in total. The number of aryl methyl sites for hydroxylation is 1. The van der Waals surface area contributed by atoms with E-state index in [1.54, 1.807) is 6.92 Å². The summed E-state index contributed by atoms with van der Waals surface area (Å²) in [5.74, 6) is -1.87. The van der Waals surface area contributed by atoms with Crippen LogP contribution < -0.4 is 15.6 Å². The van der Waals surface area contributed by atoms with Crippen LogP contribution in [0.5, 0.6) is 0 Å². The van der Waals surface area contributed by atoms with Crippen LogP contribution in [0.25, 0.3) is 0 Å². The number of benzene rings is 1. The zero-order chi connectivity index (χ0) is 19.8. The van der Waals surface area contributed by atoms with Gasteiger partial charge in [0.05, 0.1) is 16.6 Å². The summed E-state index contributed by atoms with van der Waals surface area (Å²) in [4.78, 5) is 12.1. The Morgan fingerprint density at radius 3 is 2.52 bits per heavy atom. The molecule has 1 aliphatic carbocycles. The van der Waals surface area contributed by atoms with Crippen molar-refractivity contribution in [3.8, 4) is 0 Å². The van der Waals surface area contributed by atoms with Crippen molar-refractivity contribution in [2.45, 2.75) is 38.0 Å². The van der Waals surface area contributed by atoms with Gasteiger partial charge in [-0.15, -0.1) is 0 Å². The minimum atomic E-state index is -3.74. The molecule has 1 aromatic heterocycles. The van der Waals surface area contributed by atoms with Crippen molar-refractivity contribution in [2.75, 3.05) is 10.0 Å². The Labute approximate surface area is 163 Å². The lowest BCUT2D eigenvalue weighted by Gasteiger charge is -2.26. The van der Waals surface area contributed by atoms with Gasteiger partial charge < -0.3 is 9.88 Å². The first-order valence-corrected chi connectivity index (χ1v) is 10.7. The van der Waals surface area contributed by atoms with Crippen LogP contribution in [0.3, 0.4) is 0 Å².